The van der Waals surface area contributed by atoms with E-state index in [1.165, 1.54) is 5.57 Å². The second-order valence-electron chi connectivity index (χ2n) is 8.93. The summed E-state index contributed by atoms with van der Waals surface area (Å²) in [7, 11) is 2.07. The Balaban J connectivity index is 1.54. The predicted molar refractivity (Wildman–Crippen MR) is 111 cm³/mol. The zero-order chi connectivity index (χ0) is 22.3. The number of hydrogen-bond acceptors (Lipinski definition) is 4. The Morgan fingerprint density at radius 2 is 1.90 bits per heavy atom. The number of rotatable bonds is 3. The largest absolute Gasteiger partial charge is 0.433 e. The predicted octanol–water partition coefficient (Wildman–Crippen LogP) is 3.84. The van der Waals surface area contributed by atoms with Crippen molar-refractivity contribution >= 4 is 11.6 Å². The van der Waals surface area contributed by atoms with Crippen molar-refractivity contribution in [3.05, 3.63) is 40.9 Å². The van der Waals surface area contributed by atoms with Gasteiger partial charge in [-0.25, -0.2) is 9.50 Å². The third-order valence-electron chi connectivity index (χ3n) is 6.22. The topological polar surface area (TPSA) is 53.7 Å². The van der Waals surface area contributed by atoms with Gasteiger partial charge in [-0.3, -0.25) is 4.79 Å². The van der Waals surface area contributed by atoms with Gasteiger partial charge in [-0.15, -0.1) is 0 Å². The van der Waals surface area contributed by atoms with Crippen LogP contribution in [0.3, 0.4) is 0 Å². The Morgan fingerprint density at radius 3 is 2.55 bits per heavy atom. The summed E-state index contributed by atoms with van der Waals surface area (Å²) < 4.78 is 41.7. The van der Waals surface area contributed by atoms with E-state index in [0.29, 0.717) is 30.9 Å². The Labute approximate surface area is 179 Å². The van der Waals surface area contributed by atoms with Crippen molar-refractivity contribution in [1.82, 2.24) is 24.4 Å². The molecule has 0 radical (unpaired) electrons. The molecule has 6 nitrogen and oxygen atoms in total. The zero-order valence-electron chi connectivity index (χ0n) is 18.1. The fourth-order valence-corrected chi connectivity index (χ4v) is 4.23. The van der Waals surface area contributed by atoms with Crippen molar-refractivity contribution in [2.75, 3.05) is 33.2 Å². The van der Waals surface area contributed by atoms with Gasteiger partial charge in [0, 0.05) is 49.9 Å². The molecule has 2 aliphatic heterocycles. The summed E-state index contributed by atoms with van der Waals surface area (Å²) in [4.78, 5) is 21.1. The SMILES string of the molecule is CC(C)c1cc(C(F)(F)F)n2nc([C@@H]3CCN(C(=O)C=C4CCN(C)CC4)C3)cc2n1. The lowest BCUT2D eigenvalue weighted by Gasteiger charge is -2.24. The Kier molecular flexibility index (Phi) is 5.81. The van der Waals surface area contributed by atoms with Gasteiger partial charge in [-0.05, 0) is 38.3 Å². The van der Waals surface area contributed by atoms with Crippen molar-refractivity contribution in [3.8, 4) is 0 Å². The highest BCUT2D eigenvalue weighted by molar-refractivity contribution is 5.88. The summed E-state index contributed by atoms with van der Waals surface area (Å²) in [5.41, 5.74) is 1.50. The molecule has 2 aliphatic rings. The number of piperidine rings is 1. The van der Waals surface area contributed by atoms with Crippen molar-refractivity contribution in [2.24, 2.45) is 0 Å². The highest BCUT2D eigenvalue weighted by Gasteiger charge is 2.36. The maximum absolute atomic E-state index is 13.6. The molecule has 168 valence electrons. The van der Waals surface area contributed by atoms with Crippen LogP contribution in [0, 0.1) is 0 Å². The Morgan fingerprint density at radius 1 is 1.19 bits per heavy atom. The van der Waals surface area contributed by atoms with Gasteiger partial charge in [0.2, 0.25) is 5.91 Å². The molecule has 4 rings (SSSR count). The summed E-state index contributed by atoms with van der Waals surface area (Å²) in [6, 6.07) is 2.71. The van der Waals surface area contributed by atoms with Crippen LogP contribution in [-0.2, 0) is 11.0 Å². The number of amides is 1. The first kappa shape index (κ1) is 21.8. The van der Waals surface area contributed by atoms with Gasteiger partial charge in [0.1, 0.15) is 5.69 Å². The van der Waals surface area contributed by atoms with E-state index in [2.05, 4.69) is 22.0 Å². The van der Waals surface area contributed by atoms with Crippen molar-refractivity contribution in [1.29, 1.82) is 0 Å². The van der Waals surface area contributed by atoms with Crippen LogP contribution in [-0.4, -0.2) is 63.5 Å². The lowest BCUT2D eigenvalue weighted by Crippen LogP contribution is -2.29. The van der Waals surface area contributed by atoms with E-state index in [9.17, 15) is 18.0 Å². The van der Waals surface area contributed by atoms with Crippen LogP contribution >= 0.6 is 0 Å². The van der Waals surface area contributed by atoms with Gasteiger partial charge in [0.05, 0.1) is 5.69 Å². The smallest absolute Gasteiger partial charge is 0.338 e. The number of fused-ring (bicyclic) bond motifs is 1. The fourth-order valence-electron chi connectivity index (χ4n) is 4.23. The van der Waals surface area contributed by atoms with Crippen molar-refractivity contribution < 1.29 is 18.0 Å². The number of likely N-dealkylation sites (tertiary alicyclic amines) is 2. The maximum Gasteiger partial charge on any atom is 0.433 e. The van der Waals surface area contributed by atoms with E-state index in [-0.39, 0.29) is 23.4 Å². The minimum Gasteiger partial charge on any atom is -0.338 e. The molecule has 2 fully saturated rings. The summed E-state index contributed by atoms with van der Waals surface area (Å²) in [6.45, 7) is 6.58. The molecule has 0 bridgehead atoms. The summed E-state index contributed by atoms with van der Waals surface area (Å²) in [5, 5.41) is 4.25. The molecule has 2 saturated heterocycles. The summed E-state index contributed by atoms with van der Waals surface area (Å²) >= 11 is 0. The average Bonchev–Trinajstić information content (AvgIpc) is 3.35. The summed E-state index contributed by atoms with van der Waals surface area (Å²) in [5.74, 6) is -0.233. The molecule has 0 aliphatic carbocycles. The molecule has 1 amide bonds. The third kappa shape index (κ3) is 4.61. The monoisotopic (exact) mass is 435 g/mol. The Bertz CT molecular complexity index is 1000. The molecule has 0 N–H and O–H groups in total. The van der Waals surface area contributed by atoms with Crippen LogP contribution < -0.4 is 0 Å². The molecule has 2 aromatic rings. The minimum atomic E-state index is -4.52. The number of alkyl halides is 3. The number of carbonyl (C=O) groups is 1. The highest BCUT2D eigenvalue weighted by atomic mass is 19.4. The Hall–Kier alpha value is -2.42. The molecule has 1 atom stereocenters. The van der Waals surface area contributed by atoms with Gasteiger partial charge in [0.15, 0.2) is 5.65 Å². The normalized spacial score (nSPS) is 20.8. The van der Waals surface area contributed by atoms with E-state index in [4.69, 9.17) is 0 Å². The number of hydrogen-bond donors (Lipinski definition) is 0. The van der Waals surface area contributed by atoms with E-state index in [1.54, 1.807) is 17.0 Å². The molecular weight excluding hydrogens is 407 g/mol. The second kappa shape index (κ2) is 8.26. The lowest BCUT2D eigenvalue weighted by molar-refractivity contribution is -0.142. The number of carbonyl (C=O) groups excluding carboxylic acids is 1. The van der Waals surface area contributed by atoms with Crippen LogP contribution in [0.5, 0.6) is 0 Å². The van der Waals surface area contributed by atoms with Crippen molar-refractivity contribution in [3.63, 3.8) is 0 Å². The lowest BCUT2D eigenvalue weighted by atomic mass is 10.0. The van der Waals surface area contributed by atoms with E-state index in [1.807, 2.05) is 13.8 Å². The first-order valence-corrected chi connectivity index (χ1v) is 10.8. The molecule has 0 unspecified atom stereocenters. The van der Waals surface area contributed by atoms with E-state index in [0.717, 1.165) is 36.5 Å². The molecule has 0 spiro atoms. The zero-order valence-corrected chi connectivity index (χ0v) is 18.1. The minimum absolute atomic E-state index is 0.0120. The van der Waals surface area contributed by atoms with Gasteiger partial charge in [-0.2, -0.15) is 18.3 Å². The van der Waals surface area contributed by atoms with Crippen LogP contribution in [0.25, 0.3) is 5.65 Å². The number of aromatic nitrogens is 3. The molecular formula is C22H28F3N5O. The summed E-state index contributed by atoms with van der Waals surface area (Å²) in [6.07, 6.45) is -0.296. The molecule has 4 heterocycles. The number of nitrogens with zero attached hydrogens (tertiary/aromatic N) is 5. The van der Waals surface area contributed by atoms with E-state index < -0.39 is 11.9 Å². The third-order valence-corrected chi connectivity index (χ3v) is 6.22. The van der Waals surface area contributed by atoms with Crippen LogP contribution in [0.1, 0.15) is 62.0 Å². The molecule has 9 heteroatoms. The molecule has 2 aromatic heterocycles. The second-order valence-corrected chi connectivity index (χ2v) is 8.93. The van der Waals surface area contributed by atoms with Crippen LogP contribution in [0.15, 0.2) is 23.8 Å². The standard InChI is InChI=1S/C22H28F3N5O/c1-14(2)17-11-19(22(23,24)25)30-20(26-17)12-18(27-30)16-6-9-29(13-16)21(31)10-15-4-7-28(3)8-5-15/h10-12,14,16H,4-9,13H2,1-3H3/t16-/m1/s1. The first-order valence-electron chi connectivity index (χ1n) is 10.8. The maximum atomic E-state index is 13.6. The average molecular weight is 435 g/mol. The van der Waals surface area contributed by atoms with Gasteiger partial charge >= 0.3 is 6.18 Å². The van der Waals surface area contributed by atoms with Gasteiger partial charge in [0.25, 0.3) is 0 Å². The molecule has 0 aromatic carbocycles. The highest BCUT2D eigenvalue weighted by Crippen LogP contribution is 2.33. The van der Waals surface area contributed by atoms with Crippen LogP contribution in [0.4, 0.5) is 13.2 Å². The van der Waals surface area contributed by atoms with Gasteiger partial charge < -0.3 is 9.80 Å². The quantitative estimate of drug-likeness (QED) is 0.688. The first-order chi connectivity index (χ1) is 14.6. The molecule has 0 saturated carbocycles. The van der Waals surface area contributed by atoms with Gasteiger partial charge in [-0.1, -0.05) is 19.4 Å². The fraction of sp³-hybridized carbons (Fsp3) is 0.591. The van der Waals surface area contributed by atoms with Crippen LogP contribution in [0.2, 0.25) is 0 Å². The van der Waals surface area contributed by atoms with Crippen molar-refractivity contribution in [2.45, 2.75) is 51.1 Å². The van der Waals surface area contributed by atoms with E-state index >= 15 is 0 Å². The molecule has 31 heavy (non-hydrogen) atoms. The number of halogens is 3.